The van der Waals surface area contributed by atoms with Crippen molar-refractivity contribution in [1.29, 1.82) is 0 Å². The van der Waals surface area contributed by atoms with Crippen LogP contribution in [0.2, 0.25) is 0 Å². The van der Waals surface area contributed by atoms with E-state index >= 15 is 0 Å². The Morgan fingerprint density at radius 3 is 2.69 bits per heavy atom. The number of anilines is 2. The zero-order valence-corrected chi connectivity index (χ0v) is 17.6. The van der Waals surface area contributed by atoms with Gasteiger partial charge in [0, 0.05) is 25.3 Å². The highest BCUT2D eigenvalue weighted by molar-refractivity contribution is 14.0. The quantitative estimate of drug-likeness (QED) is 0.399. The first-order chi connectivity index (χ1) is 12.2. The Bertz CT molecular complexity index is 733. The number of aryl methyl sites for hydroxylation is 1. The van der Waals surface area contributed by atoms with Crippen molar-refractivity contribution in [2.75, 3.05) is 37.0 Å². The molecule has 2 aromatic rings. The Morgan fingerprint density at radius 2 is 1.96 bits per heavy atom. The van der Waals surface area contributed by atoms with Gasteiger partial charge in [0.1, 0.15) is 5.75 Å². The molecule has 0 aliphatic carbocycles. The second kappa shape index (κ2) is 9.66. The zero-order chi connectivity index (χ0) is 17.6. The molecule has 0 aromatic heterocycles. The van der Waals surface area contributed by atoms with Gasteiger partial charge in [-0.15, -0.1) is 24.0 Å². The van der Waals surface area contributed by atoms with Crippen molar-refractivity contribution < 1.29 is 4.74 Å². The molecule has 2 aromatic carbocycles. The Kier molecular flexibility index (Phi) is 7.56. The maximum absolute atomic E-state index is 6.02. The number of guanidine groups is 1. The summed E-state index contributed by atoms with van der Waals surface area (Å²) in [7, 11) is 1.72. The lowest BCUT2D eigenvalue weighted by Crippen LogP contribution is -2.25. The third-order valence-electron chi connectivity index (χ3n) is 4.56. The van der Waals surface area contributed by atoms with Gasteiger partial charge in [0.2, 0.25) is 0 Å². The number of aliphatic imine (C=N–C) groups is 1. The highest BCUT2D eigenvalue weighted by atomic mass is 127. The Labute approximate surface area is 172 Å². The highest BCUT2D eigenvalue weighted by Crippen LogP contribution is 2.31. The molecule has 6 heteroatoms. The van der Waals surface area contributed by atoms with Crippen LogP contribution in [0, 0.1) is 12.8 Å². The van der Waals surface area contributed by atoms with E-state index in [-0.39, 0.29) is 24.0 Å². The van der Waals surface area contributed by atoms with Crippen molar-refractivity contribution in [2.45, 2.75) is 13.3 Å². The van der Waals surface area contributed by atoms with Gasteiger partial charge in [-0.3, -0.25) is 4.99 Å². The zero-order valence-electron chi connectivity index (χ0n) is 15.3. The van der Waals surface area contributed by atoms with Crippen molar-refractivity contribution in [1.82, 2.24) is 0 Å². The summed E-state index contributed by atoms with van der Waals surface area (Å²) in [5.41, 5.74) is 9.37. The minimum absolute atomic E-state index is 0. The third kappa shape index (κ3) is 5.27. The van der Waals surface area contributed by atoms with Crippen LogP contribution in [0.5, 0.6) is 5.75 Å². The number of para-hydroxylation sites is 2. The summed E-state index contributed by atoms with van der Waals surface area (Å²) in [6.07, 6.45) is 1.11. The SMILES string of the molecule is COc1ccccc1N1CCC(CN=C(N)Nc2ccc(C)cc2)C1.I. The normalized spacial score (nSPS) is 16.9. The Balaban J connectivity index is 0.00000243. The fourth-order valence-corrected chi connectivity index (χ4v) is 3.14. The molecule has 0 saturated carbocycles. The largest absolute Gasteiger partial charge is 0.495 e. The summed E-state index contributed by atoms with van der Waals surface area (Å²) in [6.45, 7) is 4.79. The van der Waals surface area contributed by atoms with Gasteiger partial charge in [0.05, 0.1) is 12.8 Å². The number of benzene rings is 2. The Morgan fingerprint density at radius 1 is 1.23 bits per heavy atom. The molecule has 1 aliphatic heterocycles. The number of rotatable bonds is 5. The van der Waals surface area contributed by atoms with Gasteiger partial charge in [-0.1, -0.05) is 29.8 Å². The predicted molar refractivity (Wildman–Crippen MR) is 120 cm³/mol. The van der Waals surface area contributed by atoms with Crippen LogP contribution in [0.15, 0.2) is 53.5 Å². The molecular formula is C20H27IN4O. The van der Waals surface area contributed by atoms with Gasteiger partial charge in [-0.05, 0) is 43.5 Å². The number of hydrogen-bond acceptors (Lipinski definition) is 3. The molecule has 1 fully saturated rings. The molecule has 1 heterocycles. The summed E-state index contributed by atoms with van der Waals surface area (Å²) in [5, 5.41) is 3.15. The summed E-state index contributed by atoms with van der Waals surface area (Å²) < 4.78 is 5.47. The van der Waals surface area contributed by atoms with Crippen LogP contribution in [-0.2, 0) is 0 Å². The molecule has 1 saturated heterocycles. The smallest absolute Gasteiger partial charge is 0.193 e. The molecule has 3 rings (SSSR count). The molecule has 1 aliphatic rings. The van der Waals surface area contributed by atoms with E-state index in [1.165, 1.54) is 5.56 Å². The van der Waals surface area contributed by atoms with Crippen molar-refractivity contribution in [3.63, 3.8) is 0 Å². The molecular weight excluding hydrogens is 439 g/mol. The monoisotopic (exact) mass is 466 g/mol. The van der Waals surface area contributed by atoms with Crippen LogP contribution in [0.4, 0.5) is 11.4 Å². The van der Waals surface area contributed by atoms with Crippen molar-refractivity contribution in [2.24, 2.45) is 16.6 Å². The predicted octanol–water partition coefficient (Wildman–Crippen LogP) is 3.87. The standard InChI is InChI=1S/C20H26N4O.HI/c1-15-7-9-17(10-8-15)23-20(21)22-13-16-11-12-24(14-16)18-5-3-4-6-19(18)25-2;/h3-10,16H,11-14H2,1-2H3,(H3,21,22,23);1H. The molecule has 0 bridgehead atoms. The summed E-state index contributed by atoms with van der Waals surface area (Å²) >= 11 is 0. The fourth-order valence-electron chi connectivity index (χ4n) is 3.14. The van der Waals surface area contributed by atoms with E-state index in [2.05, 4.69) is 40.3 Å². The minimum atomic E-state index is 0. The lowest BCUT2D eigenvalue weighted by molar-refractivity contribution is 0.414. The summed E-state index contributed by atoms with van der Waals surface area (Å²) in [6, 6.07) is 16.3. The summed E-state index contributed by atoms with van der Waals surface area (Å²) in [5.74, 6) is 1.90. The van der Waals surface area contributed by atoms with Gasteiger partial charge in [-0.2, -0.15) is 0 Å². The maximum atomic E-state index is 6.02. The van der Waals surface area contributed by atoms with Crippen LogP contribution in [-0.4, -0.2) is 32.7 Å². The van der Waals surface area contributed by atoms with Crippen LogP contribution in [0.1, 0.15) is 12.0 Å². The molecule has 26 heavy (non-hydrogen) atoms. The second-order valence-electron chi connectivity index (χ2n) is 6.49. The number of ether oxygens (including phenoxy) is 1. The molecule has 0 radical (unpaired) electrons. The van der Waals surface area contributed by atoms with Gasteiger partial charge < -0.3 is 20.7 Å². The topological polar surface area (TPSA) is 62.9 Å². The lowest BCUT2D eigenvalue weighted by Gasteiger charge is -2.21. The van der Waals surface area contributed by atoms with Gasteiger partial charge in [0.25, 0.3) is 0 Å². The first kappa shape index (κ1) is 20.4. The first-order valence-corrected chi connectivity index (χ1v) is 8.67. The van der Waals surface area contributed by atoms with Crippen molar-refractivity contribution in [3.8, 4) is 5.75 Å². The van der Waals surface area contributed by atoms with Gasteiger partial charge >= 0.3 is 0 Å². The van der Waals surface area contributed by atoms with Crippen LogP contribution >= 0.6 is 24.0 Å². The number of methoxy groups -OCH3 is 1. The van der Waals surface area contributed by atoms with Crippen LogP contribution in [0.3, 0.4) is 0 Å². The maximum Gasteiger partial charge on any atom is 0.193 e. The van der Waals surface area contributed by atoms with Crippen molar-refractivity contribution in [3.05, 3.63) is 54.1 Å². The van der Waals surface area contributed by atoms with Gasteiger partial charge in [0.15, 0.2) is 5.96 Å². The Hall–Kier alpha value is -1.96. The molecule has 140 valence electrons. The minimum Gasteiger partial charge on any atom is -0.495 e. The number of nitrogens with zero attached hydrogens (tertiary/aromatic N) is 2. The molecule has 0 spiro atoms. The molecule has 5 nitrogen and oxygen atoms in total. The van der Waals surface area contributed by atoms with E-state index in [0.29, 0.717) is 11.9 Å². The molecule has 1 atom stereocenters. The van der Waals surface area contributed by atoms with E-state index in [9.17, 15) is 0 Å². The highest BCUT2D eigenvalue weighted by Gasteiger charge is 2.24. The van der Waals surface area contributed by atoms with E-state index in [1.807, 2.05) is 30.3 Å². The van der Waals surface area contributed by atoms with E-state index in [4.69, 9.17) is 10.5 Å². The third-order valence-corrected chi connectivity index (χ3v) is 4.56. The first-order valence-electron chi connectivity index (χ1n) is 8.67. The fraction of sp³-hybridized carbons (Fsp3) is 0.350. The second-order valence-corrected chi connectivity index (χ2v) is 6.49. The molecule has 1 unspecified atom stereocenters. The van der Waals surface area contributed by atoms with E-state index in [1.54, 1.807) is 7.11 Å². The number of nitrogens with one attached hydrogen (secondary N) is 1. The van der Waals surface area contributed by atoms with Crippen molar-refractivity contribution >= 4 is 41.3 Å². The van der Waals surface area contributed by atoms with Crippen LogP contribution in [0.25, 0.3) is 0 Å². The molecule has 3 N–H and O–H groups in total. The lowest BCUT2D eigenvalue weighted by atomic mass is 10.1. The average Bonchev–Trinajstić information content (AvgIpc) is 3.11. The average molecular weight is 466 g/mol. The number of hydrogen-bond donors (Lipinski definition) is 2. The summed E-state index contributed by atoms with van der Waals surface area (Å²) in [4.78, 5) is 6.88. The number of halogens is 1. The van der Waals surface area contributed by atoms with Crippen LogP contribution < -0.4 is 20.7 Å². The van der Waals surface area contributed by atoms with E-state index < -0.39 is 0 Å². The molecule has 0 amide bonds. The van der Waals surface area contributed by atoms with Gasteiger partial charge in [-0.25, -0.2) is 0 Å². The van der Waals surface area contributed by atoms with E-state index in [0.717, 1.165) is 43.2 Å². The number of nitrogens with two attached hydrogens (primary N) is 1.